The van der Waals surface area contributed by atoms with Gasteiger partial charge in [-0.1, -0.05) is 33.2 Å². The topological polar surface area (TPSA) is 59.2 Å². The molecule has 0 unspecified atom stereocenters. The fourth-order valence-electron chi connectivity index (χ4n) is 1.91. The summed E-state index contributed by atoms with van der Waals surface area (Å²) < 4.78 is 19.1. The Morgan fingerprint density at radius 1 is 1.14 bits per heavy atom. The number of nitrogens with zero attached hydrogens (tertiary/aromatic N) is 2. The molecule has 0 saturated carbocycles. The quantitative estimate of drug-likeness (QED) is 0.778. The van der Waals surface area contributed by atoms with E-state index in [1.807, 2.05) is 24.3 Å². The summed E-state index contributed by atoms with van der Waals surface area (Å²) in [5.41, 5.74) is 1.35. The zero-order chi connectivity index (χ0) is 14.8. The van der Waals surface area contributed by atoms with Crippen LogP contribution < -0.4 is 0 Å². The van der Waals surface area contributed by atoms with Gasteiger partial charge < -0.3 is 9.63 Å². The minimum atomic E-state index is -0.522. The zero-order valence-corrected chi connectivity index (χ0v) is 12.3. The third kappa shape index (κ3) is 3.11. The maximum Gasteiger partial charge on any atom is 0.261 e. The first-order valence-electron chi connectivity index (χ1n) is 6.18. The molecule has 1 N–H and O–H groups in total. The normalized spacial score (nSPS) is 10.8. The third-order valence-corrected chi connectivity index (χ3v) is 3.46. The Morgan fingerprint density at radius 2 is 1.90 bits per heavy atom. The molecular weight excluding hydrogens is 339 g/mol. The molecule has 0 atom stereocenters. The zero-order valence-electron chi connectivity index (χ0n) is 10.8. The van der Waals surface area contributed by atoms with Gasteiger partial charge in [0.05, 0.1) is 5.56 Å². The summed E-state index contributed by atoms with van der Waals surface area (Å²) in [6.45, 7) is 0. The molecule has 0 aliphatic heterocycles. The maximum atomic E-state index is 13.0. The van der Waals surface area contributed by atoms with Gasteiger partial charge in [-0.05, 0) is 29.8 Å². The van der Waals surface area contributed by atoms with E-state index < -0.39 is 5.82 Å². The highest BCUT2D eigenvalue weighted by atomic mass is 79.9. The summed E-state index contributed by atoms with van der Waals surface area (Å²) in [6, 6.07) is 11.4. The molecule has 0 bridgehead atoms. The standard InChI is InChI=1S/C15H10BrFN2O2/c16-10-3-1-9(2-4-10)7-14-18-15(21-19-14)12-6-5-11(17)8-13(12)20/h1-6,8,20H,7H2. The number of halogens is 2. The van der Waals surface area contributed by atoms with Gasteiger partial charge in [0.15, 0.2) is 5.82 Å². The Morgan fingerprint density at radius 3 is 2.62 bits per heavy atom. The molecule has 3 rings (SSSR count). The molecule has 0 spiro atoms. The van der Waals surface area contributed by atoms with Crippen molar-refractivity contribution in [2.45, 2.75) is 6.42 Å². The van der Waals surface area contributed by atoms with Crippen molar-refractivity contribution >= 4 is 15.9 Å². The Labute approximate surface area is 128 Å². The van der Waals surface area contributed by atoms with Gasteiger partial charge in [0, 0.05) is 17.0 Å². The number of hydrogen-bond acceptors (Lipinski definition) is 4. The second-order valence-electron chi connectivity index (χ2n) is 4.48. The molecule has 1 aromatic heterocycles. The lowest BCUT2D eigenvalue weighted by atomic mass is 10.1. The molecule has 1 heterocycles. The van der Waals surface area contributed by atoms with Crippen LogP contribution in [0.15, 0.2) is 51.5 Å². The van der Waals surface area contributed by atoms with E-state index in [9.17, 15) is 9.50 Å². The number of phenolic OH excluding ortho intramolecular Hbond substituents is 1. The van der Waals surface area contributed by atoms with Crippen LogP contribution in [0.25, 0.3) is 11.5 Å². The summed E-state index contributed by atoms with van der Waals surface area (Å²) in [5.74, 6) is -0.0876. The minimum Gasteiger partial charge on any atom is -0.507 e. The molecule has 4 nitrogen and oxygen atoms in total. The van der Waals surface area contributed by atoms with Crippen LogP contribution in [0.4, 0.5) is 4.39 Å². The van der Waals surface area contributed by atoms with Crippen LogP contribution >= 0.6 is 15.9 Å². The molecule has 0 amide bonds. The monoisotopic (exact) mass is 348 g/mol. The molecule has 2 aromatic carbocycles. The second-order valence-corrected chi connectivity index (χ2v) is 5.40. The van der Waals surface area contributed by atoms with Crippen LogP contribution in [0.1, 0.15) is 11.4 Å². The highest BCUT2D eigenvalue weighted by molar-refractivity contribution is 9.10. The van der Waals surface area contributed by atoms with Crippen molar-refractivity contribution in [1.29, 1.82) is 0 Å². The van der Waals surface area contributed by atoms with Gasteiger partial charge in [-0.2, -0.15) is 4.98 Å². The maximum absolute atomic E-state index is 13.0. The average Bonchev–Trinajstić information content (AvgIpc) is 2.90. The van der Waals surface area contributed by atoms with Gasteiger partial charge in [0.25, 0.3) is 5.89 Å². The van der Waals surface area contributed by atoms with Crippen molar-refractivity contribution in [1.82, 2.24) is 10.1 Å². The molecule has 0 saturated heterocycles. The third-order valence-electron chi connectivity index (χ3n) is 2.93. The van der Waals surface area contributed by atoms with Crippen molar-refractivity contribution in [3.63, 3.8) is 0 Å². The van der Waals surface area contributed by atoms with Crippen molar-refractivity contribution in [3.05, 3.63) is 64.1 Å². The predicted molar refractivity (Wildman–Crippen MR) is 78.3 cm³/mol. The fourth-order valence-corrected chi connectivity index (χ4v) is 2.17. The Kier molecular flexibility index (Phi) is 3.70. The first-order valence-corrected chi connectivity index (χ1v) is 6.97. The lowest BCUT2D eigenvalue weighted by Crippen LogP contribution is -1.90. The van der Waals surface area contributed by atoms with E-state index in [0.29, 0.717) is 17.8 Å². The highest BCUT2D eigenvalue weighted by Gasteiger charge is 2.13. The van der Waals surface area contributed by atoms with Gasteiger partial charge in [-0.25, -0.2) is 4.39 Å². The first kappa shape index (κ1) is 13.8. The van der Waals surface area contributed by atoms with E-state index in [2.05, 4.69) is 26.1 Å². The number of phenols is 1. The van der Waals surface area contributed by atoms with Crippen molar-refractivity contribution in [2.24, 2.45) is 0 Å². The summed E-state index contributed by atoms with van der Waals surface area (Å²) in [7, 11) is 0. The summed E-state index contributed by atoms with van der Waals surface area (Å²) >= 11 is 3.37. The fraction of sp³-hybridized carbons (Fsp3) is 0.0667. The molecule has 0 radical (unpaired) electrons. The number of aromatic nitrogens is 2. The SMILES string of the molecule is Oc1cc(F)ccc1-c1nc(Cc2ccc(Br)cc2)no1. The molecule has 0 aliphatic rings. The van der Waals surface area contributed by atoms with E-state index in [4.69, 9.17) is 4.52 Å². The summed E-state index contributed by atoms with van der Waals surface area (Å²) in [4.78, 5) is 4.22. The molecule has 6 heteroatoms. The van der Waals surface area contributed by atoms with Crippen molar-refractivity contribution in [3.8, 4) is 17.2 Å². The van der Waals surface area contributed by atoms with Crippen LogP contribution in [0, 0.1) is 5.82 Å². The van der Waals surface area contributed by atoms with Gasteiger partial charge in [-0.15, -0.1) is 0 Å². The van der Waals surface area contributed by atoms with Crippen LogP contribution in [-0.4, -0.2) is 15.2 Å². The van der Waals surface area contributed by atoms with Crippen molar-refractivity contribution < 1.29 is 14.0 Å². The summed E-state index contributed by atoms with van der Waals surface area (Å²) in [5, 5.41) is 13.6. The van der Waals surface area contributed by atoms with Gasteiger partial charge >= 0.3 is 0 Å². The predicted octanol–water partition coefficient (Wildman–Crippen LogP) is 3.93. The molecule has 3 aromatic rings. The highest BCUT2D eigenvalue weighted by Crippen LogP contribution is 2.28. The van der Waals surface area contributed by atoms with Crippen LogP contribution in [0.2, 0.25) is 0 Å². The molecular formula is C15H10BrFN2O2. The second kappa shape index (κ2) is 5.65. The van der Waals surface area contributed by atoms with Gasteiger partial charge in [-0.3, -0.25) is 0 Å². The number of benzene rings is 2. The lowest BCUT2D eigenvalue weighted by Gasteiger charge is -1.98. The van der Waals surface area contributed by atoms with Crippen molar-refractivity contribution in [2.75, 3.05) is 0 Å². The van der Waals surface area contributed by atoms with Crippen LogP contribution in [0.3, 0.4) is 0 Å². The largest absolute Gasteiger partial charge is 0.507 e. The van der Waals surface area contributed by atoms with Crippen LogP contribution in [0.5, 0.6) is 5.75 Å². The molecule has 0 aliphatic carbocycles. The number of aromatic hydroxyl groups is 1. The Bertz CT molecular complexity index is 772. The smallest absolute Gasteiger partial charge is 0.261 e. The number of rotatable bonds is 3. The van der Waals surface area contributed by atoms with E-state index in [-0.39, 0.29) is 11.6 Å². The summed E-state index contributed by atoms with van der Waals surface area (Å²) in [6.07, 6.45) is 0.513. The molecule has 106 valence electrons. The van der Waals surface area contributed by atoms with E-state index >= 15 is 0 Å². The van der Waals surface area contributed by atoms with Gasteiger partial charge in [0.1, 0.15) is 11.6 Å². The minimum absolute atomic E-state index is 0.166. The van der Waals surface area contributed by atoms with Crippen LogP contribution in [-0.2, 0) is 6.42 Å². The van der Waals surface area contributed by atoms with Gasteiger partial charge in [0.2, 0.25) is 0 Å². The first-order chi connectivity index (χ1) is 10.1. The molecule has 21 heavy (non-hydrogen) atoms. The average molecular weight is 349 g/mol. The Balaban J connectivity index is 1.84. The number of hydrogen-bond donors (Lipinski definition) is 1. The lowest BCUT2D eigenvalue weighted by molar-refractivity contribution is 0.418. The van der Waals surface area contributed by atoms with E-state index in [1.165, 1.54) is 12.1 Å². The molecule has 0 fully saturated rings. The Hall–Kier alpha value is -2.21. The van der Waals surface area contributed by atoms with E-state index in [0.717, 1.165) is 16.1 Å². The van der Waals surface area contributed by atoms with E-state index in [1.54, 1.807) is 0 Å².